The lowest BCUT2D eigenvalue weighted by molar-refractivity contribution is 0.0954. The van der Waals surface area contributed by atoms with Crippen molar-refractivity contribution in [2.45, 2.75) is 37.8 Å². The fraction of sp³-hybridized carbons (Fsp3) is 0.240. The van der Waals surface area contributed by atoms with Crippen molar-refractivity contribution >= 4 is 15.7 Å². The van der Waals surface area contributed by atoms with E-state index in [9.17, 15) is 18.3 Å². The predicted octanol–water partition coefficient (Wildman–Crippen LogP) is 4.26. The van der Waals surface area contributed by atoms with E-state index >= 15 is 0 Å². The van der Waals surface area contributed by atoms with E-state index in [0.29, 0.717) is 40.1 Å². The first-order chi connectivity index (χ1) is 14.7. The SMILES string of the molecule is Cc1cccc(O)c1CCNC(=O)c1cccc(CS(=O)(=O)c2c(C)cccc2C)c1. The molecule has 0 saturated carbocycles. The first kappa shape index (κ1) is 22.6. The highest BCUT2D eigenvalue weighted by molar-refractivity contribution is 7.90. The zero-order chi connectivity index (χ0) is 22.6. The van der Waals surface area contributed by atoms with Gasteiger partial charge in [-0.1, -0.05) is 42.5 Å². The number of hydrogen-bond acceptors (Lipinski definition) is 4. The van der Waals surface area contributed by atoms with Crippen LogP contribution in [-0.4, -0.2) is 26.0 Å². The largest absolute Gasteiger partial charge is 0.508 e. The van der Waals surface area contributed by atoms with Crippen molar-refractivity contribution in [3.8, 4) is 5.75 Å². The van der Waals surface area contributed by atoms with Gasteiger partial charge in [0.25, 0.3) is 5.91 Å². The van der Waals surface area contributed by atoms with Crippen LogP contribution < -0.4 is 5.32 Å². The summed E-state index contributed by atoms with van der Waals surface area (Å²) in [5.41, 5.74) is 4.17. The number of nitrogens with one attached hydrogen (secondary N) is 1. The minimum absolute atomic E-state index is 0.170. The van der Waals surface area contributed by atoms with Gasteiger partial charge in [-0.25, -0.2) is 8.42 Å². The van der Waals surface area contributed by atoms with Crippen LogP contribution in [0.1, 0.15) is 38.2 Å². The van der Waals surface area contributed by atoms with E-state index in [4.69, 9.17) is 0 Å². The van der Waals surface area contributed by atoms with Gasteiger partial charge in [-0.2, -0.15) is 0 Å². The van der Waals surface area contributed by atoms with Gasteiger partial charge in [-0.05, 0) is 73.2 Å². The highest BCUT2D eigenvalue weighted by atomic mass is 32.2. The van der Waals surface area contributed by atoms with E-state index in [2.05, 4.69) is 5.32 Å². The molecule has 0 heterocycles. The summed E-state index contributed by atoms with van der Waals surface area (Å²) in [4.78, 5) is 12.9. The van der Waals surface area contributed by atoms with Crippen LogP contribution in [0, 0.1) is 20.8 Å². The molecule has 0 saturated heterocycles. The quantitative estimate of drug-likeness (QED) is 0.578. The highest BCUT2D eigenvalue weighted by Gasteiger charge is 2.20. The normalized spacial score (nSPS) is 11.3. The molecular weight excluding hydrogens is 410 g/mol. The Hall–Kier alpha value is -3.12. The van der Waals surface area contributed by atoms with Crippen molar-refractivity contribution in [3.63, 3.8) is 0 Å². The van der Waals surface area contributed by atoms with Gasteiger partial charge in [0.15, 0.2) is 9.84 Å². The fourth-order valence-corrected chi connectivity index (χ4v) is 5.68. The molecular formula is C25H27NO4S. The number of carbonyl (C=O) groups excluding carboxylic acids is 1. The van der Waals surface area contributed by atoms with Crippen molar-refractivity contribution in [1.82, 2.24) is 5.32 Å². The zero-order valence-electron chi connectivity index (χ0n) is 18.0. The predicted molar refractivity (Wildman–Crippen MR) is 122 cm³/mol. The minimum atomic E-state index is -3.54. The molecule has 3 aromatic rings. The molecule has 0 atom stereocenters. The molecule has 1 amide bonds. The standard InChI is InChI=1S/C25H27NO4S/c1-17-7-5-12-23(27)22(17)13-14-26-25(28)21-11-6-10-20(15-21)16-31(29,30)24-18(2)8-4-9-19(24)3/h4-12,15,27H,13-14,16H2,1-3H3,(H,26,28). The third kappa shape index (κ3) is 5.33. The van der Waals surface area contributed by atoms with Crippen LogP contribution >= 0.6 is 0 Å². The second-order valence-electron chi connectivity index (χ2n) is 7.76. The van der Waals surface area contributed by atoms with Crippen LogP contribution in [0.25, 0.3) is 0 Å². The van der Waals surface area contributed by atoms with Crippen molar-refractivity contribution in [2.24, 2.45) is 0 Å². The Balaban J connectivity index is 1.70. The summed E-state index contributed by atoms with van der Waals surface area (Å²) < 4.78 is 26.0. The molecule has 5 nitrogen and oxygen atoms in total. The number of benzene rings is 3. The maximum absolute atomic E-state index is 13.0. The second kappa shape index (κ2) is 9.35. The first-order valence-electron chi connectivity index (χ1n) is 10.1. The number of sulfone groups is 1. The molecule has 6 heteroatoms. The molecule has 3 rings (SSSR count). The van der Waals surface area contributed by atoms with Crippen LogP contribution in [0.15, 0.2) is 65.6 Å². The van der Waals surface area contributed by atoms with Crippen LogP contribution in [0.2, 0.25) is 0 Å². The smallest absolute Gasteiger partial charge is 0.251 e. The van der Waals surface area contributed by atoms with Gasteiger partial charge >= 0.3 is 0 Å². The average Bonchev–Trinajstić information content (AvgIpc) is 2.69. The molecule has 0 aliphatic rings. The van der Waals surface area contributed by atoms with Crippen LogP contribution in [0.3, 0.4) is 0 Å². The molecule has 2 N–H and O–H groups in total. The van der Waals surface area contributed by atoms with E-state index in [1.54, 1.807) is 62.4 Å². The lowest BCUT2D eigenvalue weighted by Crippen LogP contribution is -2.26. The maximum Gasteiger partial charge on any atom is 0.251 e. The van der Waals surface area contributed by atoms with Crippen LogP contribution in [0.4, 0.5) is 0 Å². The summed E-state index contributed by atoms with van der Waals surface area (Å²) >= 11 is 0. The maximum atomic E-state index is 13.0. The Bertz CT molecular complexity index is 1180. The van der Waals surface area contributed by atoms with E-state index in [1.165, 1.54) is 0 Å². The Kier molecular flexibility index (Phi) is 6.81. The van der Waals surface area contributed by atoms with E-state index in [0.717, 1.165) is 11.1 Å². The van der Waals surface area contributed by atoms with Crippen molar-refractivity contribution in [3.05, 3.63) is 94.0 Å². The molecule has 0 fully saturated rings. The lowest BCUT2D eigenvalue weighted by Gasteiger charge is -2.12. The molecule has 0 unspecified atom stereocenters. The number of amides is 1. The molecule has 0 bridgehead atoms. The molecule has 31 heavy (non-hydrogen) atoms. The van der Waals surface area contributed by atoms with E-state index in [-0.39, 0.29) is 17.4 Å². The van der Waals surface area contributed by atoms with Gasteiger partial charge in [-0.15, -0.1) is 0 Å². The number of hydrogen-bond donors (Lipinski definition) is 2. The van der Waals surface area contributed by atoms with Crippen molar-refractivity contribution in [1.29, 1.82) is 0 Å². The summed E-state index contributed by atoms with van der Waals surface area (Å²) in [6.07, 6.45) is 0.505. The van der Waals surface area contributed by atoms with Crippen molar-refractivity contribution in [2.75, 3.05) is 6.54 Å². The Morgan fingerprint density at radius 1 is 0.903 bits per heavy atom. The second-order valence-corrected chi connectivity index (χ2v) is 9.69. The number of aryl methyl sites for hydroxylation is 3. The molecule has 3 aromatic carbocycles. The molecule has 0 aliphatic carbocycles. The zero-order valence-corrected chi connectivity index (χ0v) is 18.8. The van der Waals surface area contributed by atoms with Crippen molar-refractivity contribution < 1.29 is 18.3 Å². The highest BCUT2D eigenvalue weighted by Crippen LogP contribution is 2.24. The summed E-state index contributed by atoms with van der Waals surface area (Å²) in [6.45, 7) is 5.85. The van der Waals surface area contributed by atoms with Gasteiger partial charge in [0.05, 0.1) is 10.6 Å². The number of phenols is 1. The van der Waals surface area contributed by atoms with Gasteiger partial charge < -0.3 is 10.4 Å². The number of aromatic hydroxyl groups is 1. The topological polar surface area (TPSA) is 83.5 Å². The first-order valence-corrected chi connectivity index (χ1v) is 11.8. The molecule has 162 valence electrons. The summed E-state index contributed by atoms with van der Waals surface area (Å²) in [5, 5.41) is 12.8. The molecule has 0 aliphatic heterocycles. The van der Waals surface area contributed by atoms with E-state index in [1.807, 2.05) is 19.1 Å². The Morgan fingerprint density at radius 2 is 1.52 bits per heavy atom. The monoisotopic (exact) mass is 437 g/mol. The third-order valence-corrected chi connectivity index (χ3v) is 7.29. The van der Waals surface area contributed by atoms with Gasteiger partial charge in [-0.3, -0.25) is 4.79 Å². The van der Waals surface area contributed by atoms with Gasteiger partial charge in [0, 0.05) is 12.1 Å². The van der Waals surface area contributed by atoms with Gasteiger partial charge in [0.2, 0.25) is 0 Å². The molecule has 0 radical (unpaired) electrons. The molecule has 0 aromatic heterocycles. The molecule has 0 spiro atoms. The summed E-state index contributed by atoms with van der Waals surface area (Å²) in [7, 11) is -3.54. The van der Waals surface area contributed by atoms with E-state index < -0.39 is 9.84 Å². The minimum Gasteiger partial charge on any atom is -0.508 e. The number of rotatable bonds is 7. The lowest BCUT2D eigenvalue weighted by atomic mass is 10.0. The summed E-state index contributed by atoms with van der Waals surface area (Å²) in [6, 6.07) is 17.4. The third-order valence-electron chi connectivity index (χ3n) is 5.31. The Morgan fingerprint density at radius 3 is 2.19 bits per heavy atom. The number of carbonyl (C=O) groups is 1. The Labute approximate surface area is 183 Å². The average molecular weight is 438 g/mol. The van der Waals surface area contributed by atoms with Crippen LogP contribution in [0.5, 0.6) is 5.75 Å². The van der Waals surface area contributed by atoms with Crippen LogP contribution in [-0.2, 0) is 22.0 Å². The van der Waals surface area contributed by atoms with Gasteiger partial charge in [0.1, 0.15) is 5.75 Å². The summed E-state index contributed by atoms with van der Waals surface area (Å²) in [5.74, 6) is -0.232. The fourth-order valence-electron chi connectivity index (χ4n) is 3.80. The number of phenolic OH excluding ortho intramolecular Hbond substituents is 1.